The Morgan fingerprint density at radius 2 is 1.83 bits per heavy atom. The first-order valence-electron chi connectivity index (χ1n) is 8.04. The zero-order chi connectivity index (χ0) is 17.1. The molecule has 2 bridgehead atoms. The van der Waals surface area contributed by atoms with Gasteiger partial charge in [0.2, 0.25) is 5.91 Å². The maximum absolute atomic E-state index is 12.8. The number of likely N-dealkylation sites (tertiary alicyclic amines) is 1. The molecule has 3 fully saturated rings. The van der Waals surface area contributed by atoms with Crippen LogP contribution in [0, 0.1) is 11.8 Å². The minimum atomic E-state index is -4.72. The Labute approximate surface area is 136 Å². The van der Waals surface area contributed by atoms with Crippen molar-refractivity contribution in [3.8, 4) is 0 Å². The SMILES string of the molecule is O=C(Cn1cccc(C(F)(F)F)c1=O)N1C[C@@H]2[C@H](C1)[C@H]1CC[C@@H]2O1. The van der Waals surface area contributed by atoms with Crippen LogP contribution >= 0.6 is 0 Å². The lowest BCUT2D eigenvalue weighted by Crippen LogP contribution is -2.37. The first-order valence-corrected chi connectivity index (χ1v) is 8.04. The smallest absolute Gasteiger partial charge is 0.374 e. The van der Waals surface area contributed by atoms with Crippen molar-refractivity contribution in [3.63, 3.8) is 0 Å². The van der Waals surface area contributed by atoms with Gasteiger partial charge in [0.25, 0.3) is 5.56 Å². The summed E-state index contributed by atoms with van der Waals surface area (Å²) in [6.45, 7) is 0.773. The third-order valence-electron chi connectivity index (χ3n) is 5.44. The van der Waals surface area contributed by atoms with Gasteiger partial charge in [-0.2, -0.15) is 13.2 Å². The number of hydrogen-bond donors (Lipinski definition) is 0. The maximum atomic E-state index is 12.8. The lowest BCUT2D eigenvalue weighted by molar-refractivity contribution is -0.139. The van der Waals surface area contributed by atoms with E-state index in [-0.39, 0.29) is 24.7 Å². The van der Waals surface area contributed by atoms with E-state index in [2.05, 4.69) is 0 Å². The van der Waals surface area contributed by atoms with Crippen LogP contribution in [0.25, 0.3) is 0 Å². The Bertz CT molecular complexity index is 712. The summed E-state index contributed by atoms with van der Waals surface area (Å²) in [5.74, 6) is 0.335. The fraction of sp³-hybridized carbons (Fsp3) is 0.625. The van der Waals surface area contributed by atoms with E-state index in [4.69, 9.17) is 4.74 Å². The lowest BCUT2D eigenvalue weighted by Gasteiger charge is -2.19. The summed E-state index contributed by atoms with van der Waals surface area (Å²) in [5.41, 5.74) is -2.43. The van der Waals surface area contributed by atoms with Crippen LogP contribution in [0.15, 0.2) is 23.1 Å². The molecule has 4 atom stereocenters. The van der Waals surface area contributed by atoms with E-state index in [1.54, 1.807) is 4.90 Å². The first kappa shape index (κ1) is 15.7. The molecular weight excluding hydrogens is 325 g/mol. The Kier molecular flexibility index (Phi) is 3.49. The second kappa shape index (κ2) is 5.34. The number of carbonyl (C=O) groups is 1. The summed E-state index contributed by atoms with van der Waals surface area (Å²) in [4.78, 5) is 26.0. The number of amides is 1. The molecule has 3 aliphatic heterocycles. The van der Waals surface area contributed by atoms with E-state index in [1.807, 2.05) is 0 Å². The maximum Gasteiger partial charge on any atom is 0.421 e. The molecule has 3 saturated heterocycles. The third kappa shape index (κ3) is 2.44. The molecule has 4 rings (SSSR count). The van der Waals surface area contributed by atoms with E-state index in [9.17, 15) is 22.8 Å². The van der Waals surface area contributed by atoms with Crippen molar-refractivity contribution in [3.05, 3.63) is 34.2 Å². The molecule has 0 aliphatic carbocycles. The van der Waals surface area contributed by atoms with E-state index in [0.29, 0.717) is 24.9 Å². The second-order valence-corrected chi connectivity index (χ2v) is 6.77. The van der Waals surface area contributed by atoms with Gasteiger partial charge in [0.1, 0.15) is 12.1 Å². The number of pyridine rings is 1. The number of alkyl halides is 3. The van der Waals surface area contributed by atoms with E-state index >= 15 is 0 Å². The van der Waals surface area contributed by atoms with Crippen LogP contribution < -0.4 is 5.56 Å². The van der Waals surface area contributed by atoms with Crippen molar-refractivity contribution in [1.82, 2.24) is 9.47 Å². The molecule has 1 aromatic rings. The number of ether oxygens (including phenoxy) is 1. The van der Waals surface area contributed by atoms with Crippen LogP contribution in [0.5, 0.6) is 0 Å². The normalized spacial score (nSPS) is 31.5. The van der Waals surface area contributed by atoms with Gasteiger partial charge < -0.3 is 14.2 Å². The van der Waals surface area contributed by atoms with Crippen molar-refractivity contribution in [2.45, 2.75) is 37.8 Å². The number of halogens is 3. The third-order valence-corrected chi connectivity index (χ3v) is 5.44. The molecule has 0 saturated carbocycles. The van der Waals surface area contributed by atoms with Gasteiger partial charge in [0, 0.05) is 31.1 Å². The summed E-state index contributed by atoms with van der Waals surface area (Å²) in [7, 11) is 0. The molecule has 3 aliphatic rings. The van der Waals surface area contributed by atoms with E-state index in [0.717, 1.165) is 29.5 Å². The summed E-state index contributed by atoms with van der Waals surface area (Å²) < 4.78 is 45.1. The fourth-order valence-electron chi connectivity index (χ4n) is 4.29. The van der Waals surface area contributed by atoms with Crippen LogP contribution in [-0.4, -0.2) is 40.7 Å². The predicted octanol–water partition coefficient (Wildman–Crippen LogP) is 1.50. The summed E-state index contributed by atoms with van der Waals surface area (Å²) in [6.07, 6.45) is -1.06. The first-order chi connectivity index (χ1) is 11.3. The van der Waals surface area contributed by atoms with Gasteiger partial charge in [-0.15, -0.1) is 0 Å². The van der Waals surface area contributed by atoms with Crippen molar-refractivity contribution >= 4 is 5.91 Å². The second-order valence-electron chi connectivity index (χ2n) is 6.77. The highest BCUT2D eigenvalue weighted by Gasteiger charge is 2.53. The molecule has 130 valence electrons. The summed E-state index contributed by atoms with van der Waals surface area (Å²) in [6, 6.07) is 1.88. The summed E-state index contributed by atoms with van der Waals surface area (Å²) >= 11 is 0. The molecule has 0 N–H and O–H groups in total. The number of rotatable bonds is 2. The fourth-order valence-corrected chi connectivity index (χ4v) is 4.29. The minimum Gasteiger partial charge on any atom is -0.374 e. The standard InChI is InChI=1S/C16H17F3N2O3/c17-16(18,19)11-2-1-5-20(15(11)23)8-14(22)21-6-9-10(7-21)13-4-3-12(9)24-13/h1-2,5,9-10,12-13H,3-4,6-8H2/t9-,10+,12+,13-. The molecule has 0 aromatic carbocycles. The van der Waals surface area contributed by atoms with Crippen molar-refractivity contribution in [2.75, 3.05) is 13.1 Å². The molecule has 0 unspecified atom stereocenters. The monoisotopic (exact) mass is 342 g/mol. The van der Waals surface area contributed by atoms with Crippen LogP contribution in [-0.2, 0) is 22.3 Å². The number of aromatic nitrogens is 1. The van der Waals surface area contributed by atoms with Crippen LogP contribution in [0.3, 0.4) is 0 Å². The molecule has 5 nitrogen and oxygen atoms in total. The van der Waals surface area contributed by atoms with Gasteiger partial charge in [-0.25, -0.2) is 0 Å². The van der Waals surface area contributed by atoms with Crippen molar-refractivity contribution < 1.29 is 22.7 Å². The number of carbonyl (C=O) groups excluding carboxylic acids is 1. The van der Waals surface area contributed by atoms with Gasteiger partial charge >= 0.3 is 6.18 Å². The highest BCUT2D eigenvalue weighted by molar-refractivity contribution is 5.76. The van der Waals surface area contributed by atoms with Gasteiger partial charge in [0.15, 0.2) is 0 Å². The zero-order valence-corrected chi connectivity index (χ0v) is 12.8. The molecule has 0 spiro atoms. The largest absolute Gasteiger partial charge is 0.421 e. The van der Waals surface area contributed by atoms with Gasteiger partial charge in [-0.3, -0.25) is 9.59 Å². The highest BCUT2D eigenvalue weighted by atomic mass is 19.4. The Morgan fingerprint density at radius 3 is 2.42 bits per heavy atom. The Morgan fingerprint density at radius 1 is 1.21 bits per heavy atom. The number of hydrogen-bond acceptors (Lipinski definition) is 3. The summed E-state index contributed by atoms with van der Waals surface area (Å²) in [5, 5.41) is 0. The van der Waals surface area contributed by atoms with Gasteiger partial charge in [-0.1, -0.05) is 0 Å². The topological polar surface area (TPSA) is 51.5 Å². The lowest BCUT2D eigenvalue weighted by atomic mass is 9.82. The average molecular weight is 342 g/mol. The molecular formula is C16H17F3N2O3. The average Bonchev–Trinajstić information content (AvgIpc) is 3.20. The van der Waals surface area contributed by atoms with Gasteiger partial charge in [0.05, 0.1) is 12.2 Å². The number of fused-ring (bicyclic) bond motifs is 5. The molecule has 1 aromatic heterocycles. The zero-order valence-electron chi connectivity index (χ0n) is 12.8. The molecule has 0 radical (unpaired) electrons. The van der Waals surface area contributed by atoms with Crippen molar-refractivity contribution in [1.29, 1.82) is 0 Å². The van der Waals surface area contributed by atoms with Crippen LogP contribution in [0.2, 0.25) is 0 Å². The predicted molar refractivity (Wildman–Crippen MR) is 77.2 cm³/mol. The van der Waals surface area contributed by atoms with E-state index in [1.165, 1.54) is 6.20 Å². The molecule has 24 heavy (non-hydrogen) atoms. The van der Waals surface area contributed by atoms with Crippen LogP contribution in [0.1, 0.15) is 18.4 Å². The molecule has 8 heteroatoms. The minimum absolute atomic E-state index is 0.203. The molecule has 4 heterocycles. The Balaban J connectivity index is 1.49. The Hall–Kier alpha value is -1.83. The van der Waals surface area contributed by atoms with E-state index < -0.39 is 17.3 Å². The number of nitrogens with zero attached hydrogens (tertiary/aromatic N) is 2. The quantitative estimate of drug-likeness (QED) is 0.819. The molecule has 1 amide bonds. The highest BCUT2D eigenvalue weighted by Crippen LogP contribution is 2.47. The van der Waals surface area contributed by atoms with Gasteiger partial charge in [-0.05, 0) is 25.0 Å². The van der Waals surface area contributed by atoms with Crippen molar-refractivity contribution in [2.24, 2.45) is 11.8 Å². The van der Waals surface area contributed by atoms with Crippen LogP contribution in [0.4, 0.5) is 13.2 Å².